The Morgan fingerprint density at radius 2 is 2.13 bits per heavy atom. The smallest absolute Gasteiger partial charge is 0.233 e. The molecule has 0 saturated heterocycles. The molecule has 0 radical (unpaired) electrons. The second kappa shape index (κ2) is 8.64. The highest BCUT2D eigenvalue weighted by Gasteiger charge is 2.06. The SMILES string of the molecule is CCNC(=O)CNCC(O)COC(C)C. The number of ether oxygens (including phenoxy) is 1. The topological polar surface area (TPSA) is 70.6 Å². The first kappa shape index (κ1) is 14.3. The van der Waals surface area contributed by atoms with Crippen molar-refractivity contribution in [3.8, 4) is 0 Å². The van der Waals surface area contributed by atoms with Crippen molar-refractivity contribution in [2.75, 3.05) is 26.2 Å². The first-order valence-electron chi connectivity index (χ1n) is 5.33. The summed E-state index contributed by atoms with van der Waals surface area (Å²) >= 11 is 0. The van der Waals surface area contributed by atoms with Crippen molar-refractivity contribution in [1.82, 2.24) is 10.6 Å². The Labute approximate surface area is 91.2 Å². The van der Waals surface area contributed by atoms with Gasteiger partial charge in [0.05, 0.1) is 25.4 Å². The predicted molar refractivity (Wildman–Crippen MR) is 58.6 cm³/mol. The Hall–Kier alpha value is -0.650. The minimum Gasteiger partial charge on any atom is -0.389 e. The van der Waals surface area contributed by atoms with E-state index in [4.69, 9.17) is 4.74 Å². The Morgan fingerprint density at radius 3 is 2.67 bits per heavy atom. The minimum absolute atomic E-state index is 0.0607. The van der Waals surface area contributed by atoms with E-state index in [2.05, 4.69) is 10.6 Å². The van der Waals surface area contributed by atoms with Crippen molar-refractivity contribution in [2.24, 2.45) is 0 Å². The highest BCUT2D eigenvalue weighted by molar-refractivity contribution is 5.77. The van der Waals surface area contributed by atoms with Gasteiger partial charge in [-0.05, 0) is 20.8 Å². The average molecular weight is 218 g/mol. The molecule has 3 N–H and O–H groups in total. The summed E-state index contributed by atoms with van der Waals surface area (Å²) in [7, 11) is 0. The van der Waals surface area contributed by atoms with Crippen LogP contribution in [0.15, 0.2) is 0 Å². The van der Waals surface area contributed by atoms with E-state index in [0.717, 1.165) is 0 Å². The van der Waals surface area contributed by atoms with Crippen LogP contribution >= 0.6 is 0 Å². The lowest BCUT2D eigenvalue weighted by Crippen LogP contribution is -2.38. The summed E-state index contributed by atoms with van der Waals surface area (Å²) in [5.74, 6) is -0.0607. The first-order chi connectivity index (χ1) is 7.06. The molecule has 0 bridgehead atoms. The van der Waals surface area contributed by atoms with Crippen molar-refractivity contribution >= 4 is 5.91 Å². The molecule has 5 nitrogen and oxygen atoms in total. The number of likely N-dealkylation sites (N-methyl/N-ethyl adjacent to an activating group) is 1. The molecule has 0 aromatic carbocycles. The summed E-state index contributed by atoms with van der Waals surface area (Å²) in [5, 5.41) is 14.9. The fraction of sp³-hybridized carbons (Fsp3) is 0.900. The average Bonchev–Trinajstić information content (AvgIpc) is 2.15. The van der Waals surface area contributed by atoms with Crippen molar-refractivity contribution in [2.45, 2.75) is 33.0 Å². The number of carbonyl (C=O) groups is 1. The van der Waals surface area contributed by atoms with Gasteiger partial charge in [-0.1, -0.05) is 0 Å². The number of aliphatic hydroxyl groups excluding tert-OH is 1. The molecule has 0 aliphatic heterocycles. The Balaban J connectivity index is 3.38. The molecule has 0 aromatic heterocycles. The van der Waals surface area contributed by atoms with Gasteiger partial charge in [-0.25, -0.2) is 0 Å². The molecular weight excluding hydrogens is 196 g/mol. The van der Waals surface area contributed by atoms with Gasteiger partial charge in [-0.15, -0.1) is 0 Å². The quantitative estimate of drug-likeness (QED) is 0.513. The van der Waals surface area contributed by atoms with Crippen molar-refractivity contribution in [3.63, 3.8) is 0 Å². The predicted octanol–water partition coefficient (Wildman–Crippen LogP) is -0.502. The van der Waals surface area contributed by atoms with E-state index < -0.39 is 6.10 Å². The monoisotopic (exact) mass is 218 g/mol. The fourth-order valence-electron chi connectivity index (χ4n) is 0.974. The van der Waals surface area contributed by atoms with E-state index in [1.165, 1.54) is 0 Å². The minimum atomic E-state index is -0.568. The van der Waals surface area contributed by atoms with E-state index in [9.17, 15) is 9.90 Å². The van der Waals surface area contributed by atoms with E-state index in [1.807, 2.05) is 20.8 Å². The molecule has 0 spiro atoms. The summed E-state index contributed by atoms with van der Waals surface area (Å²) in [6, 6.07) is 0. The van der Waals surface area contributed by atoms with E-state index in [0.29, 0.717) is 19.7 Å². The van der Waals surface area contributed by atoms with Crippen molar-refractivity contribution in [1.29, 1.82) is 0 Å². The molecular formula is C10H22N2O3. The number of amides is 1. The van der Waals surface area contributed by atoms with Gasteiger partial charge in [0, 0.05) is 13.1 Å². The van der Waals surface area contributed by atoms with Crippen LogP contribution in [0.2, 0.25) is 0 Å². The summed E-state index contributed by atoms with van der Waals surface area (Å²) in [5.41, 5.74) is 0. The molecule has 0 aliphatic rings. The van der Waals surface area contributed by atoms with Gasteiger partial charge in [0.15, 0.2) is 0 Å². The molecule has 1 atom stereocenters. The molecule has 0 aromatic rings. The van der Waals surface area contributed by atoms with Crippen molar-refractivity contribution < 1.29 is 14.6 Å². The number of carbonyl (C=O) groups excluding carboxylic acids is 1. The van der Waals surface area contributed by atoms with Gasteiger partial charge in [0.25, 0.3) is 0 Å². The van der Waals surface area contributed by atoms with Crippen LogP contribution in [0, 0.1) is 0 Å². The maximum absolute atomic E-state index is 11.0. The van der Waals surface area contributed by atoms with Gasteiger partial charge in [-0.3, -0.25) is 4.79 Å². The molecule has 15 heavy (non-hydrogen) atoms. The maximum Gasteiger partial charge on any atom is 0.233 e. The van der Waals surface area contributed by atoms with Gasteiger partial charge in [0.1, 0.15) is 0 Å². The molecule has 0 saturated carbocycles. The van der Waals surface area contributed by atoms with Crippen LogP contribution in [0.5, 0.6) is 0 Å². The Bertz CT molecular complexity index is 174. The van der Waals surface area contributed by atoms with Gasteiger partial charge in [-0.2, -0.15) is 0 Å². The van der Waals surface area contributed by atoms with E-state index >= 15 is 0 Å². The number of nitrogens with one attached hydrogen (secondary N) is 2. The number of aliphatic hydroxyl groups is 1. The Kier molecular flexibility index (Phi) is 8.27. The molecule has 90 valence electrons. The summed E-state index contributed by atoms with van der Waals surface area (Å²) in [4.78, 5) is 11.0. The van der Waals surface area contributed by atoms with Gasteiger partial charge >= 0.3 is 0 Å². The van der Waals surface area contributed by atoms with Gasteiger partial charge in [0.2, 0.25) is 5.91 Å². The standard InChI is InChI=1S/C10H22N2O3/c1-4-12-10(14)6-11-5-9(13)7-15-8(2)3/h8-9,11,13H,4-7H2,1-3H3,(H,12,14). The number of hydrogen-bond donors (Lipinski definition) is 3. The van der Waals surface area contributed by atoms with Crippen molar-refractivity contribution in [3.05, 3.63) is 0 Å². The summed E-state index contributed by atoms with van der Waals surface area (Å²) in [6.07, 6.45) is -0.454. The third-order valence-electron chi connectivity index (χ3n) is 1.66. The highest BCUT2D eigenvalue weighted by atomic mass is 16.5. The summed E-state index contributed by atoms with van der Waals surface area (Å²) in [6.45, 7) is 7.20. The zero-order valence-corrected chi connectivity index (χ0v) is 9.75. The molecule has 0 fully saturated rings. The zero-order valence-electron chi connectivity index (χ0n) is 9.75. The first-order valence-corrected chi connectivity index (χ1v) is 5.33. The molecule has 0 aliphatic carbocycles. The van der Waals surface area contributed by atoms with Crippen LogP contribution in [0.25, 0.3) is 0 Å². The number of hydrogen-bond acceptors (Lipinski definition) is 4. The molecule has 1 unspecified atom stereocenters. The second-order valence-corrected chi connectivity index (χ2v) is 3.62. The largest absolute Gasteiger partial charge is 0.389 e. The van der Waals surface area contributed by atoms with E-state index in [-0.39, 0.29) is 18.6 Å². The molecule has 5 heteroatoms. The molecule has 0 rings (SSSR count). The lowest BCUT2D eigenvalue weighted by atomic mass is 10.3. The number of rotatable bonds is 8. The highest BCUT2D eigenvalue weighted by Crippen LogP contribution is 1.90. The third-order valence-corrected chi connectivity index (χ3v) is 1.66. The Morgan fingerprint density at radius 1 is 1.47 bits per heavy atom. The zero-order chi connectivity index (χ0) is 11.7. The lowest BCUT2D eigenvalue weighted by Gasteiger charge is -2.13. The van der Waals surface area contributed by atoms with Crippen LogP contribution in [0.1, 0.15) is 20.8 Å². The maximum atomic E-state index is 11.0. The van der Waals surface area contributed by atoms with Crippen LogP contribution in [0.4, 0.5) is 0 Å². The fourth-order valence-corrected chi connectivity index (χ4v) is 0.974. The van der Waals surface area contributed by atoms with Crippen LogP contribution in [-0.4, -0.2) is 49.5 Å². The van der Waals surface area contributed by atoms with Crippen LogP contribution in [0.3, 0.4) is 0 Å². The van der Waals surface area contributed by atoms with Crippen LogP contribution in [-0.2, 0) is 9.53 Å². The normalized spacial score (nSPS) is 12.9. The van der Waals surface area contributed by atoms with Gasteiger partial charge < -0.3 is 20.5 Å². The molecule has 1 amide bonds. The third kappa shape index (κ3) is 9.65. The van der Waals surface area contributed by atoms with Crippen LogP contribution < -0.4 is 10.6 Å². The summed E-state index contributed by atoms with van der Waals surface area (Å²) < 4.78 is 5.22. The second-order valence-electron chi connectivity index (χ2n) is 3.62. The van der Waals surface area contributed by atoms with E-state index in [1.54, 1.807) is 0 Å². The lowest BCUT2D eigenvalue weighted by molar-refractivity contribution is -0.120. The molecule has 0 heterocycles.